The van der Waals surface area contributed by atoms with Gasteiger partial charge in [-0.15, -0.1) is 11.3 Å². The summed E-state index contributed by atoms with van der Waals surface area (Å²) in [5, 5.41) is 10.4. The quantitative estimate of drug-likeness (QED) is 0.632. The van der Waals surface area contributed by atoms with E-state index in [2.05, 4.69) is 19.8 Å². The number of likely N-dealkylation sites (tertiary alicyclic amines) is 1. The molecule has 2 aliphatic heterocycles. The van der Waals surface area contributed by atoms with Gasteiger partial charge < -0.3 is 10.0 Å². The molecule has 164 valence electrons. The number of hydrogen-bond acceptors (Lipinski definition) is 6. The molecule has 1 atom stereocenters. The molecule has 2 aliphatic rings. The number of halogens is 3. The summed E-state index contributed by atoms with van der Waals surface area (Å²) < 4.78 is 38.5. The maximum absolute atomic E-state index is 12.8. The van der Waals surface area contributed by atoms with Gasteiger partial charge in [-0.3, -0.25) is 4.90 Å². The number of aromatic nitrogens is 2. The number of anilines is 1. The molecule has 0 amide bonds. The first-order chi connectivity index (χ1) is 14.8. The SMILES string of the molecule is Oc1cccc(CN2CCC3(CCN(c4ncnc5sc(CC(F)(F)F)cc45)C3)C2)c1. The normalized spacial score (nSPS) is 22.2. The predicted octanol–water partition coefficient (Wildman–Crippen LogP) is 4.60. The molecule has 0 bridgehead atoms. The van der Waals surface area contributed by atoms with Crippen molar-refractivity contribution in [2.75, 3.05) is 31.1 Å². The lowest BCUT2D eigenvalue weighted by atomic mass is 9.86. The van der Waals surface area contributed by atoms with Gasteiger partial charge in [0, 0.05) is 36.5 Å². The summed E-state index contributed by atoms with van der Waals surface area (Å²) >= 11 is 1.10. The number of thiophene rings is 1. The highest BCUT2D eigenvalue weighted by atomic mass is 32.1. The second-order valence-electron chi connectivity index (χ2n) is 8.72. The Kier molecular flexibility index (Phi) is 5.05. The lowest BCUT2D eigenvalue weighted by Crippen LogP contribution is -2.31. The third kappa shape index (κ3) is 4.34. The summed E-state index contributed by atoms with van der Waals surface area (Å²) in [5.41, 5.74) is 1.26. The number of benzene rings is 1. The standard InChI is InChI=1S/C22H23F3N4OS/c23-22(24,25)10-17-9-18-19(26-14-27-20(18)31-17)29-7-5-21(13-29)4-6-28(12-21)11-15-2-1-3-16(30)8-15/h1-3,8-9,14,30H,4-7,10-13H2. The number of nitrogens with zero attached hydrogens (tertiary/aromatic N) is 4. The second-order valence-corrected chi connectivity index (χ2v) is 9.84. The number of phenolic OH excluding ortho intramolecular Hbond substituents is 1. The zero-order valence-electron chi connectivity index (χ0n) is 16.9. The van der Waals surface area contributed by atoms with E-state index in [0.717, 1.165) is 73.7 Å². The molecule has 3 aromatic rings. The summed E-state index contributed by atoms with van der Waals surface area (Å²) in [6.07, 6.45) is -1.58. The Balaban J connectivity index is 1.31. The van der Waals surface area contributed by atoms with E-state index in [1.54, 1.807) is 18.2 Å². The van der Waals surface area contributed by atoms with Crippen molar-refractivity contribution in [1.82, 2.24) is 14.9 Å². The van der Waals surface area contributed by atoms with Gasteiger partial charge in [-0.1, -0.05) is 12.1 Å². The minimum atomic E-state index is -4.23. The summed E-state index contributed by atoms with van der Waals surface area (Å²) in [6, 6.07) is 8.98. The smallest absolute Gasteiger partial charge is 0.393 e. The lowest BCUT2D eigenvalue weighted by molar-refractivity contribution is -0.126. The highest BCUT2D eigenvalue weighted by molar-refractivity contribution is 7.18. The number of fused-ring (bicyclic) bond motifs is 1. The van der Waals surface area contributed by atoms with Gasteiger partial charge >= 0.3 is 6.18 Å². The first-order valence-corrected chi connectivity index (χ1v) is 11.2. The Bertz CT molecular complexity index is 1100. The van der Waals surface area contributed by atoms with Crippen LogP contribution in [0, 0.1) is 5.41 Å². The first kappa shape index (κ1) is 20.5. The molecule has 4 heterocycles. The zero-order chi connectivity index (χ0) is 21.6. The monoisotopic (exact) mass is 448 g/mol. The van der Waals surface area contributed by atoms with Crippen molar-refractivity contribution in [2.45, 2.75) is 32.0 Å². The topological polar surface area (TPSA) is 52.5 Å². The molecule has 2 aromatic heterocycles. The van der Waals surface area contributed by atoms with Gasteiger partial charge in [0.05, 0.1) is 11.8 Å². The van der Waals surface area contributed by atoms with Crippen LogP contribution in [0.1, 0.15) is 23.3 Å². The highest BCUT2D eigenvalue weighted by Gasteiger charge is 2.44. The average Bonchev–Trinajstić information content (AvgIpc) is 3.39. The van der Waals surface area contributed by atoms with Gasteiger partial charge in [0.2, 0.25) is 0 Å². The Morgan fingerprint density at radius 3 is 2.74 bits per heavy atom. The van der Waals surface area contributed by atoms with Crippen molar-refractivity contribution >= 4 is 27.4 Å². The first-order valence-electron chi connectivity index (χ1n) is 10.3. The molecule has 5 nitrogen and oxygen atoms in total. The molecule has 0 saturated carbocycles. The molecule has 1 aromatic carbocycles. The third-order valence-electron chi connectivity index (χ3n) is 6.31. The van der Waals surface area contributed by atoms with Crippen molar-refractivity contribution in [3.05, 3.63) is 47.1 Å². The molecular formula is C22H23F3N4OS. The largest absolute Gasteiger partial charge is 0.508 e. The summed E-state index contributed by atoms with van der Waals surface area (Å²) in [4.78, 5) is 14.2. The fraction of sp³-hybridized carbons (Fsp3) is 0.455. The molecule has 2 saturated heterocycles. The maximum atomic E-state index is 12.8. The lowest BCUT2D eigenvalue weighted by Gasteiger charge is -2.25. The van der Waals surface area contributed by atoms with Crippen LogP contribution in [-0.4, -0.2) is 52.3 Å². The fourth-order valence-corrected chi connectivity index (χ4v) is 5.98. The van der Waals surface area contributed by atoms with E-state index < -0.39 is 12.6 Å². The number of phenols is 1. The molecule has 1 spiro atoms. The van der Waals surface area contributed by atoms with E-state index in [9.17, 15) is 18.3 Å². The molecular weight excluding hydrogens is 425 g/mol. The van der Waals surface area contributed by atoms with Crippen molar-refractivity contribution < 1.29 is 18.3 Å². The van der Waals surface area contributed by atoms with Crippen LogP contribution in [0.25, 0.3) is 10.2 Å². The van der Waals surface area contributed by atoms with Crippen molar-refractivity contribution in [3.8, 4) is 5.75 Å². The van der Waals surface area contributed by atoms with E-state index in [0.29, 0.717) is 4.83 Å². The number of rotatable bonds is 4. The van der Waals surface area contributed by atoms with Crippen LogP contribution in [0.5, 0.6) is 5.75 Å². The number of alkyl halides is 3. The summed E-state index contributed by atoms with van der Waals surface area (Å²) in [5.74, 6) is 1.03. The summed E-state index contributed by atoms with van der Waals surface area (Å²) in [6.45, 7) is 4.46. The molecule has 1 N–H and O–H groups in total. The Morgan fingerprint density at radius 1 is 1.10 bits per heavy atom. The summed E-state index contributed by atoms with van der Waals surface area (Å²) in [7, 11) is 0. The van der Waals surface area contributed by atoms with Crippen LogP contribution in [0.15, 0.2) is 36.7 Å². The highest BCUT2D eigenvalue weighted by Crippen LogP contribution is 2.43. The molecule has 0 radical (unpaired) electrons. The molecule has 1 unspecified atom stereocenters. The van der Waals surface area contributed by atoms with E-state index in [-0.39, 0.29) is 16.0 Å². The van der Waals surface area contributed by atoms with Crippen LogP contribution >= 0.6 is 11.3 Å². The van der Waals surface area contributed by atoms with Crippen LogP contribution < -0.4 is 4.90 Å². The van der Waals surface area contributed by atoms with Gasteiger partial charge in [-0.2, -0.15) is 13.2 Å². The van der Waals surface area contributed by atoms with Gasteiger partial charge in [-0.05, 0) is 43.1 Å². The molecule has 5 rings (SSSR count). The van der Waals surface area contributed by atoms with Gasteiger partial charge in [-0.25, -0.2) is 9.97 Å². The molecule has 2 fully saturated rings. The maximum Gasteiger partial charge on any atom is 0.393 e. The molecule has 0 aliphatic carbocycles. The number of hydrogen-bond donors (Lipinski definition) is 1. The Hall–Kier alpha value is -2.39. The minimum Gasteiger partial charge on any atom is -0.508 e. The van der Waals surface area contributed by atoms with Gasteiger partial charge in [0.25, 0.3) is 0 Å². The fourth-order valence-electron chi connectivity index (χ4n) is 4.95. The van der Waals surface area contributed by atoms with Crippen LogP contribution in [0.2, 0.25) is 0 Å². The van der Waals surface area contributed by atoms with Gasteiger partial charge in [0.1, 0.15) is 22.7 Å². The van der Waals surface area contributed by atoms with Crippen LogP contribution in [0.3, 0.4) is 0 Å². The van der Waals surface area contributed by atoms with E-state index >= 15 is 0 Å². The van der Waals surface area contributed by atoms with Crippen molar-refractivity contribution in [3.63, 3.8) is 0 Å². The average molecular weight is 449 g/mol. The minimum absolute atomic E-state index is 0.166. The van der Waals surface area contributed by atoms with E-state index in [1.807, 2.05) is 12.1 Å². The third-order valence-corrected chi connectivity index (χ3v) is 7.35. The predicted molar refractivity (Wildman–Crippen MR) is 114 cm³/mol. The van der Waals surface area contributed by atoms with E-state index in [4.69, 9.17) is 0 Å². The van der Waals surface area contributed by atoms with Crippen molar-refractivity contribution in [2.24, 2.45) is 5.41 Å². The van der Waals surface area contributed by atoms with Crippen molar-refractivity contribution in [1.29, 1.82) is 0 Å². The second kappa shape index (κ2) is 7.63. The van der Waals surface area contributed by atoms with Crippen LogP contribution in [0.4, 0.5) is 19.0 Å². The number of aromatic hydroxyl groups is 1. The Morgan fingerprint density at radius 2 is 1.94 bits per heavy atom. The van der Waals surface area contributed by atoms with Crippen LogP contribution in [-0.2, 0) is 13.0 Å². The zero-order valence-corrected chi connectivity index (χ0v) is 17.7. The van der Waals surface area contributed by atoms with E-state index in [1.165, 1.54) is 6.33 Å². The Labute approximate surface area is 182 Å². The van der Waals surface area contributed by atoms with Gasteiger partial charge in [0.15, 0.2) is 0 Å². The molecule has 9 heteroatoms. The molecule has 31 heavy (non-hydrogen) atoms.